The first-order valence-electron chi connectivity index (χ1n) is 15.3. The largest absolute Gasteiger partial charge is 0.443 e. The van der Waals surface area contributed by atoms with E-state index < -0.39 is 51.3 Å². The third kappa shape index (κ3) is 3.84. The highest BCUT2D eigenvalue weighted by Gasteiger charge is 2.80. The first kappa shape index (κ1) is 30.1. The lowest BCUT2D eigenvalue weighted by molar-refractivity contribution is -0.164. The highest BCUT2D eigenvalue weighted by Crippen LogP contribution is 2.71. The summed E-state index contributed by atoms with van der Waals surface area (Å²) < 4.78 is 11.4. The minimum atomic E-state index is -1.58. The molecule has 1 aliphatic carbocycles. The molecule has 1 N–H and O–H groups in total. The highest BCUT2D eigenvalue weighted by molar-refractivity contribution is 6.25. The third-order valence-electron chi connectivity index (χ3n) is 11.2. The third-order valence-corrected chi connectivity index (χ3v) is 11.2. The van der Waals surface area contributed by atoms with Crippen molar-refractivity contribution in [3.63, 3.8) is 0 Å². The molecular weight excluding hydrogens is 550 g/mol. The van der Waals surface area contributed by atoms with Crippen LogP contribution in [0.2, 0.25) is 0 Å². The molecule has 1 saturated carbocycles. The summed E-state index contributed by atoms with van der Waals surface area (Å²) in [4.78, 5) is 49.4. The van der Waals surface area contributed by atoms with Gasteiger partial charge in [0.1, 0.15) is 11.7 Å². The van der Waals surface area contributed by atoms with E-state index in [0.717, 1.165) is 24.2 Å². The molecule has 2 amide bonds. The molecule has 4 fully saturated rings. The normalized spacial score (nSPS) is 37.3. The first-order chi connectivity index (χ1) is 19.9. The molecule has 6 rings (SSSR count). The van der Waals surface area contributed by atoms with Crippen molar-refractivity contribution in [2.24, 2.45) is 10.5 Å². The second kappa shape index (κ2) is 9.03. The number of epoxide rings is 1. The molecule has 4 aliphatic heterocycles. The summed E-state index contributed by atoms with van der Waals surface area (Å²) >= 11 is 0. The van der Waals surface area contributed by atoms with E-state index in [4.69, 9.17) is 9.47 Å². The number of benzene rings is 1. The molecule has 4 heterocycles. The molecule has 232 valence electrons. The molecular formula is C32H43N5O6. The number of carbonyl (C=O) groups is 3. The maximum Gasteiger partial charge on any atom is 0.421 e. The Bertz CT molecular complexity index is 1480. The van der Waals surface area contributed by atoms with Crippen molar-refractivity contribution in [3.8, 4) is 0 Å². The van der Waals surface area contributed by atoms with Gasteiger partial charge in [-0.2, -0.15) is 0 Å². The number of imide groups is 1. The summed E-state index contributed by atoms with van der Waals surface area (Å²) in [6.07, 6.45) is 1.61. The van der Waals surface area contributed by atoms with E-state index in [1.807, 2.05) is 27.7 Å². The summed E-state index contributed by atoms with van der Waals surface area (Å²) in [7, 11) is 0. The lowest BCUT2D eigenvalue weighted by Crippen LogP contribution is -2.70. The van der Waals surface area contributed by atoms with Crippen molar-refractivity contribution >= 4 is 23.5 Å². The minimum Gasteiger partial charge on any atom is -0.443 e. The van der Waals surface area contributed by atoms with Crippen molar-refractivity contribution in [1.82, 2.24) is 4.90 Å². The van der Waals surface area contributed by atoms with Crippen LogP contribution in [0.15, 0.2) is 23.3 Å². The first-order valence-corrected chi connectivity index (χ1v) is 15.3. The Morgan fingerprint density at radius 2 is 1.86 bits per heavy atom. The fourth-order valence-electron chi connectivity index (χ4n) is 8.87. The van der Waals surface area contributed by atoms with Crippen LogP contribution in [-0.4, -0.2) is 74.9 Å². The molecule has 43 heavy (non-hydrogen) atoms. The zero-order valence-corrected chi connectivity index (χ0v) is 26.4. The van der Waals surface area contributed by atoms with E-state index in [0.29, 0.717) is 18.5 Å². The Hall–Kier alpha value is -2.98. The van der Waals surface area contributed by atoms with E-state index in [9.17, 15) is 20.2 Å². The van der Waals surface area contributed by atoms with Crippen LogP contribution >= 0.6 is 0 Å². The van der Waals surface area contributed by atoms with Crippen molar-refractivity contribution in [2.75, 3.05) is 11.4 Å². The highest BCUT2D eigenvalue weighted by atomic mass is 16.6. The number of rotatable bonds is 3. The number of aliphatic hydroxyl groups is 1. The number of azide groups is 1. The number of fused-ring (bicyclic) bond motifs is 4. The molecule has 3 saturated heterocycles. The summed E-state index contributed by atoms with van der Waals surface area (Å²) in [5.41, 5.74) is 3.49. The number of piperidine rings is 2. The van der Waals surface area contributed by atoms with Crippen LogP contribution < -0.4 is 4.90 Å². The van der Waals surface area contributed by atoms with Gasteiger partial charge in [-0.25, -0.2) is 9.69 Å². The standard InChI is InChI=1S/C32H43N5O6/c1-18-11-9-12-19-15-32(41)29(7,8)31(16-30(32,34-35-33)17-36(18)19)21-14-10-13-20(23(38)24-28(5,6)42-24)22(21)37(25(31)39)26(40)43-27(2,3)4/h10,13-14,18-19,24,41H,9,11-12,15-17H2,1-8H3/t18-,19+,24+,30+,31-,32-/m0/s1. The number of Topliss-reactive ketones (excluding diaryl/α,β-unsaturated/α-hetero) is 1. The monoisotopic (exact) mass is 593 g/mol. The van der Waals surface area contributed by atoms with Gasteiger partial charge in [0.25, 0.3) is 0 Å². The second-order valence-electron chi connectivity index (χ2n) is 15.4. The van der Waals surface area contributed by atoms with Gasteiger partial charge in [-0.05, 0) is 84.4 Å². The Morgan fingerprint density at radius 3 is 2.47 bits per heavy atom. The quantitative estimate of drug-likeness (QED) is 0.162. The van der Waals surface area contributed by atoms with E-state index in [1.165, 1.54) is 0 Å². The fraction of sp³-hybridized carbons (Fsp3) is 0.719. The van der Waals surface area contributed by atoms with Crippen LogP contribution in [0.3, 0.4) is 0 Å². The molecule has 1 aromatic rings. The molecule has 1 spiro atoms. The summed E-state index contributed by atoms with van der Waals surface area (Å²) in [5.74, 6) is -0.915. The number of hydrogen-bond acceptors (Lipinski definition) is 8. The average Bonchev–Trinajstić information content (AvgIpc) is 3.41. The second-order valence-corrected chi connectivity index (χ2v) is 15.4. The summed E-state index contributed by atoms with van der Waals surface area (Å²) in [6, 6.07) is 5.37. The minimum absolute atomic E-state index is 0.0162. The number of nitrogens with zero attached hydrogens (tertiary/aromatic N) is 5. The van der Waals surface area contributed by atoms with Crippen molar-refractivity contribution in [3.05, 3.63) is 39.8 Å². The van der Waals surface area contributed by atoms with Crippen LogP contribution in [-0.2, 0) is 19.7 Å². The van der Waals surface area contributed by atoms with Crippen LogP contribution in [0.4, 0.5) is 10.5 Å². The molecule has 0 aromatic heterocycles. The SMILES string of the molecule is C[C@H]1CCC[C@@H]2C[C@]3(O)C(C)(C)[C@]4(C[C@@]3(N=[N+]=[N-])CN21)C(=O)N(C(=O)OC(C)(C)C)c1c(C(=O)[C@H]2OC2(C)C)cccc14. The molecule has 5 aliphatic rings. The fourth-order valence-corrected chi connectivity index (χ4v) is 8.87. The summed E-state index contributed by atoms with van der Waals surface area (Å²) in [5, 5.41) is 17.3. The summed E-state index contributed by atoms with van der Waals surface area (Å²) in [6.45, 7) is 14.9. The van der Waals surface area contributed by atoms with Crippen molar-refractivity contribution in [1.29, 1.82) is 0 Å². The van der Waals surface area contributed by atoms with Crippen LogP contribution in [0, 0.1) is 5.41 Å². The van der Waals surface area contributed by atoms with Crippen LogP contribution in [0.25, 0.3) is 10.4 Å². The Morgan fingerprint density at radius 1 is 1.19 bits per heavy atom. The van der Waals surface area contributed by atoms with Gasteiger partial charge < -0.3 is 14.6 Å². The van der Waals surface area contributed by atoms with Crippen LogP contribution in [0.1, 0.15) is 103 Å². The van der Waals surface area contributed by atoms with Gasteiger partial charge in [0.05, 0.1) is 27.8 Å². The maximum absolute atomic E-state index is 15.1. The molecule has 11 nitrogen and oxygen atoms in total. The Balaban J connectivity index is 1.59. The lowest BCUT2D eigenvalue weighted by atomic mass is 9.57. The lowest BCUT2D eigenvalue weighted by Gasteiger charge is -2.58. The van der Waals surface area contributed by atoms with Gasteiger partial charge in [0.15, 0.2) is 5.78 Å². The number of para-hydroxylation sites is 1. The number of hydrogen-bond donors (Lipinski definition) is 1. The molecule has 0 radical (unpaired) electrons. The van der Waals surface area contributed by atoms with Gasteiger partial charge in [-0.1, -0.05) is 37.5 Å². The molecule has 11 heteroatoms. The van der Waals surface area contributed by atoms with Gasteiger partial charge in [-0.15, -0.1) is 0 Å². The van der Waals surface area contributed by atoms with Gasteiger partial charge >= 0.3 is 6.09 Å². The predicted octanol–water partition coefficient (Wildman–Crippen LogP) is 5.42. The van der Waals surface area contributed by atoms with E-state index in [1.54, 1.807) is 39.0 Å². The zero-order valence-electron chi connectivity index (χ0n) is 26.4. The van der Waals surface area contributed by atoms with E-state index in [-0.39, 0.29) is 35.5 Å². The maximum atomic E-state index is 15.1. The van der Waals surface area contributed by atoms with Crippen molar-refractivity contribution in [2.45, 2.75) is 133 Å². The zero-order chi connectivity index (χ0) is 31.5. The predicted molar refractivity (Wildman–Crippen MR) is 159 cm³/mol. The number of carbonyl (C=O) groups excluding carboxylic acids is 3. The smallest absolute Gasteiger partial charge is 0.421 e. The molecule has 6 atom stereocenters. The molecule has 0 bridgehead atoms. The van der Waals surface area contributed by atoms with E-state index in [2.05, 4.69) is 21.8 Å². The number of ether oxygens (including phenoxy) is 2. The molecule has 1 aromatic carbocycles. The Kier molecular flexibility index (Phi) is 6.32. The average molecular weight is 594 g/mol. The number of anilines is 1. The van der Waals surface area contributed by atoms with Gasteiger partial charge in [0, 0.05) is 34.5 Å². The Labute approximate surface area is 252 Å². The van der Waals surface area contributed by atoms with Crippen molar-refractivity contribution < 1.29 is 29.0 Å². The number of ketones is 1. The van der Waals surface area contributed by atoms with Crippen LogP contribution in [0.5, 0.6) is 0 Å². The molecule has 0 unspecified atom stereocenters. The number of amides is 2. The topological polar surface area (TPSA) is 148 Å². The van der Waals surface area contributed by atoms with Gasteiger partial charge in [-0.3, -0.25) is 14.5 Å². The van der Waals surface area contributed by atoms with Gasteiger partial charge in [0.2, 0.25) is 5.91 Å². The van der Waals surface area contributed by atoms with E-state index >= 15 is 4.79 Å².